The molecule has 2 aromatic rings. The average molecular weight is 424 g/mol. The molecule has 0 aliphatic carbocycles. The van der Waals surface area contributed by atoms with Crippen LogP contribution in [-0.2, 0) is 11.2 Å². The Labute approximate surface area is 184 Å². The standard InChI is InChI=1S/C25H33N3O3/c1-18(2)19-3-6-21(7-4-19)28-13-11-27(12-14-28)16-22(29)17-31-23-8-9-24-20(15-23)5-10-25(30)26-24/h3-4,6-9,15,18,22,29H,5,10-14,16-17H2,1-2H3,(H,26,30)/t22-/m0/s1. The van der Waals surface area contributed by atoms with E-state index in [1.165, 1.54) is 11.3 Å². The number of piperazine rings is 1. The Bertz CT molecular complexity index is 889. The van der Waals surface area contributed by atoms with Crippen LogP contribution in [-0.4, -0.2) is 61.3 Å². The Kier molecular flexibility index (Phi) is 6.78. The van der Waals surface area contributed by atoms with E-state index in [4.69, 9.17) is 4.74 Å². The van der Waals surface area contributed by atoms with E-state index < -0.39 is 6.10 Å². The highest BCUT2D eigenvalue weighted by Gasteiger charge is 2.20. The van der Waals surface area contributed by atoms with E-state index in [-0.39, 0.29) is 12.5 Å². The van der Waals surface area contributed by atoms with Crippen molar-refractivity contribution in [2.45, 2.75) is 38.7 Å². The van der Waals surface area contributed by atoms with Crippen molar-refractivity contribution >= 4 is 17.3 Å². The molecule has 0 spiro atoms. The van der Waals surface area contributed by atoms with Crippen LogP contribution in [0.4, 0.5) is 11.4 Å². The van der Waals surface area contributed by atoms with E-state index in [1.807, 2.05) is 18.2 Å². The van der Waals surface area contributed by atoms with E-state index in [0.29, 0.717) is 18.9 Å². The van der Waals surface area contributed by atoms with Gasteiger partial charge in [0.1, 0.15) is 18.5 Å². The maximum Gasteiger partial charge on any atom is 0.224 e. The van der Waals surface area contributed by atoms with Crippen LogP contribution in [0.5, 0.6) is 5.75 Å². The molecule has 0 radical (unpaired) electrons. The van der Waals surface area contributed by atoms with Gasteiger partial charge < -0.3 is 20.1 Å². The molecule has 6 heteroatoms. The van der Waals surface area contributed by atoms with Crippen molar-refractivity contribution in [1.29, 1.82) is 0 Å². The summed E-state index contributed by atoms with van der Waals surface area (Å²) in [6, 6.07) is 14.6. The van der Waals surface area contributed by atoms with Crippen molar-refractivity contribution in [2.75, 3.05) is 49.5 Å². The van der Waals surface area contributed by atoms with Gasteiger partial charge in [0.25, 0.3) is 0 Å². The zero-order valence-corrected chi connectivity index (χ0v) is 18.5. The third-order valence-electron chi connectivity index (χ3n) is 6.18. The highest BCUT2D eigenvalue weighted by atomic mass is 16.5. The van der Waals surface area contributed by atoms with Crippen LogP contribution in [0.3, 0.4) is 0 Å². The normalized spacial score (nSPS) is 17.9. The number of hydrogen-bond acceptors (Lipinski definition) is 5. The number of hydrogen-bond donors (Lipinski definition) is 2. The van der Waals surface area contributed by atoms with Gasteiger partial charge >= 0.3 is 0 Å². The lowest BCUT2D eigenvalue weighted by Crippen LogP contribution is -2.49. The molecular formula is C25H33N3O3. The molecule has 1 amide bonds. The number of anilines is 2. The summed E-state index contributed by atoms with van der Waals surface area (Å²) in [4.78, 5) is 16.2. The number of amides is 1. The number of fused-ring (bicyclic) bond motifs is 1. The van der Waals surface area contributed by atoms with Gasteiger partial charge in [0.05, 0.1) is 0 Å². The predicted octanol–water partition coefficient (Wildman–Crippen LogP) is 3.26. The van der Waals surface area contributed by atoms with Crippen LogP contribution >= 0.6 is 0 Å². The summed E-state index contributed by atoms with van der Waals surface area (Å²) in [5.41, 5.74) is 4.59. The number of ether oxygens (including phenoxy) is 1. The Morgan fingerprint density at radius 1 is 1.03 bits per heavy atom. The number of benzene rings is 2. The Morgan fingerprint density at radius 2 is 1.77 bits per heavy atom. The summed E-state index contributed by atoms with van der Waals surface area (Å²) in [6.45, 7) is 9.10. The van der Waals surface area contributed by atoms with Crippen molar-refractivity contribution in [1.82, 2.24) is 4.90 Å². The second-order valence-electron chi connectivity index (χ2n) is 8.87. The molecule has 2 N–H and O–H groups in total. The van der Waals surface area contributed by atoms with Gasteiger partial charge in [-0.05, 0) is 53.8 Å². The molecule has 1 atom stereocenters. The van der Waals surface area contributed by atoms with Crippen LogP contribution in [0.15, 0.2) is 42.5 Å². The molecular weight excluding hydrogens is 390 g/mol. The number of carbonyl (C=O) groups is 1. The molecule has 1 fully saturated rings. The topological polar surface area (TPSA) is 65.0 Å². The van der Waals surface area contributed by atoms with Gasteiger partial charge in [-0.25, -0.2) is 0 Å². The maximum atomic E-state index is 11.5. The maximum absolute atomic E-state index is 11.5. The summed E-state index contributed by atoms with van der Waals surface area (Å²) < 4.78 is 5.82. The minimum Gasteiger partial charge on any atom is -0.491 e. The molecule has 2 aliphatic heterocycles. The van der Waals surface area contributed by atoms with Crippen LogP contribution in [0, 0.1) is 0 Å². The lowest BCUT2D eigenvalue weighted by atomic mass is 10.0. The van der Waals surface area contributed by atoms with E-state index in [0.717, 1.165) is 49.6 Å². The molecule has 166 valence electrons. The van der Waals surface area contributed by atoms with Crippen molar-refractivity contribution in [3.8, 4) is 5.75 Å². The predicted molar refractivity (Wildman–Crippen MR) is 124 cm³/mol. The number of nitrogens with zero attached hydrogens (tertiary/aromatic N) is 2. The highest BCUT2D eigenvalue weighted by Crippen LogP contribution is 2.27. The summed E-state index contributed by atoms with van der Waals surface area (Å²) in [7, 11) is 0. The van der Waals surface area contributed by atoms with Gasteiger partial charge in [-0.3, -0.25) is 9.69 Å². The van der Waals surface area contributed by atoms with Crippen LogP contribution in [0.2, 0.25) is 0 Å². The average Bonchev–Trinajstić information content (AvgIpc) is 2.78. The monoisotopic (exact) mass is 423 g/mol. The van der Waals surface area contributed by atoms with Crippen LogP contribution in [0.1, 0.15) is 37.3 Å². The largest absolute Gasteiger partial charge is 0.491 e. The van der Waals surface area contributed by atoms with E-state index in [1.54, 1.807) is 0 Å². The van der Waals surface area contributed by atoms with Crippen molar-refractivity contribution in [3.63, 3.8) is 0 Å². The zero-order chi connectivity index (χ0) is 21.8. The molecule has 1 saturated heterocycles. The van der Waals surface area contributed by atoms with E-state index in [2.05, 4.69) is 53.2 Å². The van der Waals surface area contributed by atoms with Crippen molar-refractivity contribution in [2.24, 2.45) is 0 Å². The number of β-amino-alcohol motifs (C(OH)–C–C–N with tert-alkyl or cyclic N) is 1. The lowest BCUT2D eigenvalue weighted by Gasteiger charge is -2.37. The first-order valence-electron chi connectivity index (χ1n) is 11.3. The fraction of sp³-hybridized carbons (Fsp3) is 0.480. The number of carbonyl (C=O) groups excluding carboxylic acids is 1. The molecule has 31 heavy (non-hydrogen) atoms. The molecule has 4 rings (SSSR count). The second kappa shape index (κ2) is 9.71. The van der Waals surface area contributed by atoms with Gasteiger partial charge in [-0.1, -0.05) is 26.0 Å². The van der Waals surface area contributed by atoms with Gasteiger partial charge in [0.2, 0.25) is 5.91 Å². The third-order valence-corrected chi connectivity index (χ3v) is 6.18. The van der Waals surface area contributed by atoms with E-state index >= 15 is 0 Å². The summed E-state index contributed by atoms with van der Waals surface area (Å²) >= 11 is 0. The summed E-state index contributed by atoms with van der Waals surface area (Å²) in [5, 5.41) is 13.3. The lowest BCUT2D eigenvalue weighted by molar-refractivity contribution is -0.116. The fourth-order valence-corrected chi connectivity index (χ4v) is 4.25. The number of aryl methyl sites for hydroxylation is 1. The fourth-order valence-electron chi connectivity index (χ4n) is 4.25. The SMILES string of the molecule is CC(C)c1ccc(N2CCN(C[C@H](O)COc3ccc4c(c3)CCC(=O)N4)CC2)cc1. The van der Waals surface area contributed by atoms with Gasteiger partial charge in [0.15, 0.2) is 0 Å². The molecule has 0 aromatic heterocycles. The molecule has 2 heterocycles. The number of rotatable bonds is 7. The molecule has 0 unspecified atom stereocenters. The second-order valence-corrected chi connectivity index (χ2v) is 8.87. The quantitative estimate of drug-likeness (QED) is 0.716. The first kappa shape index (κ1) is 21.7. The number of aliphatic hydroxyl groups excluding tert-OH is 1. The summed E-state index contributed by atoms with van der Waals surface area (Å²) in [6.07, 6.45) is 0.700. The van der Waals surface area contributed by atoms with Crippen molar-refractivity contribution in [3.05, 3.63) is 53.6 Å². The van der Waals surface area contributed by atoms with E-state index in [9.17, 15) is 9.90 Å². The first-order chi connectivity index (χ1) is 15.0. The third kappa shape index (κ3) is 5.57. The molecule has 6 nitrogen and oxygen atoms in total. The molecule has 2 aliphatic rings. The Hall–Kier alpha value is -2.57. The van der Waals surface area contributed by atoms with Gasteiger partial charge in [0, 0.05) is 50.5 Å². The van der Waals surface area contributed by atoms with Crippen LogP contribution < -0.4 is 15.0 Å². The highest BCUT2D eigenvalue weighted by molar-refractivity contribution is 5.94. The van der Waals surface area contributed by atoms with Gasteiger partial charge in [-0.2, -0.15) is 0 Å². The minimum absolute atomic E-state index is 0.0595. The van der Waals surface area contributed by atoms with Crippen LogP contribution in [0.25, 0.3) is 0 Å². The Balaban J connectivity index is 1.21. The zero-order valence-electron chi connectivity index (χ0n) is 18.5. The van der Waals surface area contributed by atoms with Crippen molar-refractivity contribution < 1.29 is 14.6 Å². The molecule has 0 bridgehead atoms. The Morgan fingerprint density at radius 3 is 2.48 bits per heavy atom. The molecule has 0 saturated carbocycles. The molecule has 2 aromatic carbocycles. The first-order valence-corrected chi connectivity index (χ1v) is 11.3. The summed E-state index contributed by atoms with van der Waals surface area (Å²) in [5.74, 6) is 1.35. The minimum atomic E-state index is -0.535. The number of aliphatic hydroxyl groups is 1. The number of nitrogens with one attached hydrogen (secondary N) is 1. The van der Waals surface area contributed by atoms with Gasteiger partial charge in [-0.15, -0.1) is 0 Å². The smallest absolute Gasteiger partial charge is 0.224 e.